The van der Waals surface area contributed by atoms with Gasteiger partial charge in [-0.15, -0.1) is 0 Å². The van der Waals surface area contributed by atoms with Crippen LogP contribution in [0, 0.1) is 5.82 Å². The van der Waals surface area contributed by atoms with Gasteiger partial charge in [-0.3, -0.25) is 4.90 Å². The molecule has 0 aliphatic carbocycles. The van der Waals surface area contributed by atoms with Gasteiger partial charge in [0.15, 0.2) is 0 Å². The second-order valence-corrected chi connectivity index (χ2v) is 6.11. The molecule has 22 heavy (non-hydrogen) atoms. The zero-order valence-electron chi connectivity index (χ0n) is 12.1. The maximum absolute atomic E-state index is 13.7. The van der Waals surface area contributed by atoms with Gasteiger partial charge in [-0.05, 0) is 44.1 Å². The van der Waals surface area contributed by atoms with Gasteiger partial charge in [-0.2, -0.15) is 0 Å². The zero-order valence-corrected chi connectivity index (χ0v) is 12.9. The number of rotatable bonds is 3. The molecule has 2 atom stereocenters. The lowest BCUT2D eigenvalue weighted by Crippen LogP contribution is -2.51. The Labute approximate surface area is 133 Å². The number of carbonyl (C=O) groups excluding carboxylic acids is 1. The summed E-state index contributed by atoms with van der Waals surface area (Å²) in [5.41, 5.74) is 0.110. The number of benzene rings is 1. The van der Waals surface area contributed by atoms with E-state index in [4.69, 9.17) is 16.3 Å². The van der Waals surface area contributed by atoms with E-state index in [0.29, 0.717) is 18.2 Å². The molecule has 2 aliphatic heterocycles. The molecule has 1 aromatic rings. The number of anilines is 1. The van der Waals surface area contributed by atoms with Crippen molar-refractivity contribution in [1.82, 2.24) is 10.2 Å². The van der Waals surface area contributed by atoms with Crippen LogP contribution in [0.2, 0.25) is 5.02 Å². The number of hydrogen-bond acceptors (Lipinski definition) is 3. The Hall–Kier alpha value is -1.37. The van der Waals surface area contributed by atoms with E-state index < -0.39 is 11.8 Å². The number of halogens is 2. The van der Waals surface area contributed by atoms with Gasteiger partial charge >= 0.3 is 6.03 Å². The standard InChI is InChI=1S/C15H19ClFN3O2/c16-10-3-4-12(11(17)7-10)18-15(21)19-13-8-22-9-14(13)20-5-1-2-6-20/h3-4,7,13-14H,1-2,5-6,8-9H2,(H2,18,19,21)/t13-,14-/m0/s1. The van der Waals surface area contributed by atoms with Crippen LogP contribution in [0.25, 0.3) is 0 Å². The Morgan fingerprint density at radius 1 is 1.32 bits per heavy atom. The van der Waals surface area contributed by atoms with Gasteiger partial charge in [-0.1, -0.05) is 11.6 Å². The van der Waals surface area contributed by atoms with E-state index in [1.807, 2.05) is 0 Å². The largest absolute Gasteiger partial charge is 0.378 e. The number of nitrogens with zero attached hydrogens (tertiary/aromatic N) is 1. The number of ether oxygens (including phenoxy) is 1. The third-order valence-corrected chi connectivity index (χ3v) is 4.39. The number of hydrogen-bond donors (Lipinski definition) is 2. The van der Waals surface area contributed by atoms with E-state index >= 15 is 0 Å². The first-order valence-corrected chi connectivity index (χ1v) is 7.85. The molecule has 2 fully saturated rings. The van der Waals surface area contributed by atoms with Crippen LogP contribution in [0.15, 0.2) is 18.2 Å². The molecule has 2 heterocycles. The minimum atomic E-state index is -0.554. The molecule has 2 N–H and O–H groups in total. The molecule has 0 unspecified atom stereocenters. The molecule has 0 spiro atoms. The van der Waals surface area contributed by atoms with Gasteiger partial charge in [0.05, 0.1) is 31.0 Å². The lowest BCUT2D eigenvalue weighted by Gasteiger charge is -2.27. The van der Waals surface area contributed by atoms with Gasteiger partial charge in [0.1, 0.15) is 5.82 Å². The number of urea groups is 1. The quantitative estimate of drug-likeness (QED) is 0.896. The van der Waals surface area contributed by atoms with E-state index in [1.54, 1.807) is 0 Å². The van der Waals surface area contributed by atoms with Crippen molar-refractivity contribution in [1.29, 1.82) is 0 Å². The fourth-order valence-electron chi connectivity index (χ4n) is 3.03. The molecule has 7 heteroatoms. The average molecular weight is 328 g/mol. The van der Waals surface area contributed by atoms with Crippen molar-refractivity contribution in [3.8, 4) is 0 Å². The Morgan fingerprint density at radius 2 is 2.09 bits per heavy atom. The number of amides is 2. The first-order chi connectivity index (χ1) is 10.6. The minimum Gasteiger partial charge on any atom is -0.378 e. The van der Waals surface area contributed by atoms with Crippen LogP contribution in [0.4, 0.5) is 14.9 Å². The third-order valence-electron chi connectivity index (χ3n) is 4.16. The first-order valence-electron chi connectivity index (χ1n) is 7.48. The van der Waals surface area contributed by atoms with Crippen molar-refractivity contribution in [3.63, 3.8) is 0 Å². The number of nitrogens with one attached hydrogen (secondary N) is 2. The predicted molar refractivity (Wildman–Crippen MR) is 82.8 cm³/mol. The number of carbonyl (C=O) groups is 1. The van der Waals surface area contributed by atoms with Crippen LogP contribution >= 0.6 is 11.6 Å². The Kier molecular flexibility index (Phi) is 4.81. The van der Waals surface area contributed by atoms with Crippen molar-refractivity contribution >= 4 is 23.3 Å². The lowest BCUT2D eigenvalue weighted by atomic mass is 10.1. The lowest BCUT2D eigenvalue weighted by molar-refractivity contribution is 0.159. The SMILES string of the molecule is O=C(Nc1ccc(Cl)cc1F)N[C@H]1COC[C@@H]1N1CCCC1. The van der Waals surface area contributed by atoms with E-state index in [9.17, 15) is 9.18 Å². The van der Waals surface area contributed by atoms with Crippen LogP contribution < -0.4 is 10.6 Å². The maximum atomic E-state index is 13.7. The molecule has 2 aliphatic rings. The van der Waals surface area contributed by atoms with E-state index in [1.165, 1.54) is 31.0 Å². The summed E-state index contributed by atoms with van der Waals surface area (Å²) < 4.78 is 19.2. The highest BCUT2D eigenvalue weighted by molar-refractivity contribution is 6.30. The summed E-state index contributed by atoms with van der Waals surface area (Å²) in [6, 6.07) is 3.84. The number of likely N-dealkylation sites (tertiary alicyclic amines) is 1. The summed E-state index contributed by atoms with van der Waals surface area (Å²) in [6.07, 6.45) is 2.37. The van der Waals surface area contributed by atoms with E-state index in [2.05, 4.69) is 15.5 Å². The fraction of sp³-hybridized carbons (Fsp3) is 0.533. The van der Waals surface area contributed by atoms with Crippen molar-refractivity contribution < 1.29 is 13.9 Å². The first kappa shape index (κ1) is 15.5. The highest BCUT2D eigenvalue weighted by atomic mass is 35.5. The van der Waals surface area contributed by atoms with Crippen molar-refractivity contribution in [2.24, 2.45) is 0 Å². The second-order valence-electron chi connectivity index (χ2n) is 5.68. The summed E-state index contributed by atoms with van der Waals surface area (Å²) in [5.74, 6) is -0.554. The molecular weight excluding hydrogens is 309 g/mol. The smallest absolute Gasteiger partial charge is 0.319 e. The van der Waals surface area contributed by atoms with Crippen LogP contribution in [0.3, 0.4) is 0 Å². The van der Waals surface area contributed by atoms with Gasteiger partial charge in [0.2, 0.25) is 0 Å². The van der Waals surface area contributed by atoms with E-state index in [0.717, 1.165) is 13.1 Å². The van der Waals surface area contributed by atoms with Gasteiger partial charge in [0.25, 0.3) is 0 Å². The molecule has 5 nitrogen and oxygen atoms in total. The maximum Gasteiger partial charge on any atom is 0.319 e. The van der Waals surface area contributed by atoms with Crippen LogP contribution in [0.5, 0.6) is 0 Å². The summed E-state index contributed by atoms with van der Waals surface area (Å²) in [4.78, 5) is 14.4. The second kappa shape index (κ2) is 6.81. The Balaban J connectivity index is 1.58. The summed E-state index contributed by atoms with van der Waals surface area (Å²) in [7, 11) is 0. The van der Waals surface area contributed by atoms with Crippen molar-refractivity contribution in [2.75, 3.05) is 31.6 Å². The summed E-state index contributed by atoms with van der Waals surface area (Å²) in [6.45, 7) is 3.19. The Bertz CT molecular complexity index is 552. The summed E-state index contributed by atoms with van der Waals surface area (Å²) >= 11 is 5.69. The van der Waals surface area contributed by atoms with E-state index in [-0.39, 0.29) is 17.8 Å². The zero-order chi connectivity index (χ0) is 15.5. The monoisotopic (exact) mass is 327 g/mol. The van der Waals surface area contributed by atoms with Crippen molar-refractivity contribution in [2.45, 2.75) is 24.9 Å². The van der Waals surface area contributed by atoms with Gasteiger partial charge in [0, 0.05) is 5.02 Å². The van der Waals surface area contributed by atoms with Gasteiger partial charge < -0.3 is 15.4 Å². The van der Waals surface area contributed by atoms with Crippen LogP contribution in [-0.2, 0) is 4.74 Å². The highest BCUT2D eigenvalue weighted by Crippen LogP contribution is 2.21. The molecule has 0 bridgehead atoms. The third kappa shape index (κ3) is 3.51. The van der Waals surface area contributed by atoms with Crippen LogP contribution in [-0.4, -0.2) is 49.3 Å². The highest BCUT2D eigenvalue weighted by Gasteiger charge is 2.35. The molecule has 0 saturated carbocycles. The summed E-state index contributed by atoms with van der Waals surface area (Å²) in [5, 5.41) is 5.69. The Morgan fingerprint density at radius 3 is 2.82 bits per heavy atom. The molecule has 120 valence electrons. The fourth-order valence-corrected chi connectivity index (χ4v) is 3.19. The van der Waals surface area contributed by atoms with Gasteiger partial charge in [-0.25, -0.2) is 9.18 Å². The van der Waals surface area contributed by atoms with Crippen molar-refractivity contribution in [3.05, 3.63) is 29.0 Å². The molecule has 3 rings (SSSR count). The normalized spacial score (nSPS) is 25.4. The molecule has 2 saturated heterocycles. The minimum absolute atomic E-state index is 0.0755. The molecular formula is C15H19ClFN3O2. The molecule has 0 aromatic heterocycles. The molecule has 0 radical (unpaired) electrons. The molecule has 1 aromatic carbocycles. The van der Waals surface area contributed by atoms with Crippen LogP contribution in [0.1, 0.15) is 12.8 Å². The molecule has 2 amide bonds. The predicted octanol–water partition coefficient (Wildman–Crippen LogP) is 2.46. The average Bonchev–Trinajstić information content (AvgIpc) is 3.12. The topological polar surface area (TPSA) is 53.6 Å².